The van der Waals surface area contributed by atoms with Gasteiger partial charge in [-0.3, -0.25) is 9.59 Å². The van der Waals surface area contributed by atoms with Crippen molar-refractivity contribution in [2.45, 2.75) is 11.4 Å². The highest BCUT2D eigenvalue weighted by Crippen LogP contribution is 2.18. The van der Waals surface area contributed by atoms with Crippen LogP contribution in [0.3, 0.4) is 0 Å². The van der Waals surface area contributed by atoms with Gasteiger partial charge in [0.15, 0.2) is 0 Å². The van der Waals surface area contributed by atoms with Gasteiger partial charge < -0.3 is 16.0 Å². The van der Waals surface area contributed by atoms with Gasteiger partial charge in [-0.05, 0) is 23.8 Å². The summed E-state index contributed by atoms with van der Waals surface area (Å²) in [6, 6.07) is 13.4. The first kappa shape index (κ1) is 21.4. The summed E-state index contributed by atoms with van der Waals surface area (Å²) in [6.07, 6.45) is 0. The summed E-state index contributed by atoms with van der Waals surface area (Å²) in [5.41, 5.74) is 1.46. The maximum atomic E-state index is 12.4. The summed E-state index contributed by atoms with van der Waals surface area (Å²) in [5.74, 6) is -0.588. The molecule has 0 bridgehead atoms. The minimum Gasteiger partial charge on any atom is -0.376 e. The Hall–Kier alpha value is -2.91. The third kappa shape index (κ3) is 5.08. The molecule has 0 unspecified atom stereocenters. The van der Waals surface area contributed by atoms with Gasteiger partial charge in [0.1, 0.15) is 0 Å². The van der Waals surface area contributed by atoms with Gasteiger partial charge in [-0.15, -0.1) is 0 Å². The normalized spacial score (nSPS) is 11.1. The number of benzene rings is 2. The topological polar surface area (TPSA) is 108 Å². The van der Waals surface area contributed by atoms with E-state index in [4.69, 9.17) is 0 Å². The minimum absolute atomic E-state index is 0.0589. The lowest BCUT2D eigenvalue weighted by Crippen LogP contribution is -2.31. The molecule has 0 saturated heterocycles. The van der Waals surface area contributed by atoms with Gasteiger partial charge in [-0.1, -0.05) is 30.3 Å². The molecule has 2 amide bonds. The fraction of sp³-hybridized carbons (Fsp3) is 0.263. The molecule has 0 atom stereocenters. The van der Waals surface area contributed by atoms with Crippen LogP contribution in [0, 0.1) is 0 Å². The number of hydrogen-bond donors (Lipinski definition) is 3. The second kappa shape index (κ2) is 9.34. The zero-order chi connectivity index (χ0) is 20.7. The molecule has 0 heterocycles. The monoisotopic (exact) mass is 404 g/mol. The number of carbonyl (C=O) groups excluding carboxylic acids is 2. The molecular weight excluding hydrogens is 380 g/mol. The molecule has 2 aromatic rings. The van der Waals surface area contributed by atoms with Crippen LogP contribution in [0.4, 0.5) is 5.69 Å². The van der Waals surface area contributed by atoms with Crippen LogP contribution in [0.1, 0.15) is 15.9 Å². The van der Waals surface area contributed by atoms with Gasteiger partial charge in [0.05, 0.1) is 17.0 Å². The Bertz CT molecular complexity index is 958. The average molecular weight is 404 g/mol. The Balaban J connectivity index is 2.03. The van der Waals surface area contributed by atoms with Crippen LogP contribution in [0.15, 0.2) is 53.4 Å². The molecule has 0 aliphatic rings. The van der Waals surface area contributed by atoms with E-state index in [1.54, 1.807) is 42.5 Å². The van der Waals surface area contributed by atoms with Crippen LogP contribution in [0.25, 0.3) is 0 Å². The van der Waals surface area contributed by atoms with Crippen molar-refractivity contribution in [2.75, 3.05) is 33.0 Å². The summed E-state index contributed by atoms with van der Waals surface area (Å²) in [5, 5.41) is 8.17. The minimum atomic E-state index is -3.61. The molecule has 0 aliphatic carbocycles. The Labute approximate surface area is 165 Å². The van der Waals surface area contributed by atoms with E-state index in [2.05, 4.69) is 16.0 Å². The lowest BCUT2D eigenvalue weighted by Gasteiger charge is -2.16. The molecule has 28 heavy (non-hydrogen) atoms. The average Bonchev–Trinajstić information content (AvgIpc) is 2.70. The molecular formula is C19H24N4O4S. The number of carbonyl (C=O) groups is 2. The molecule has 3 N–H and O–H groups in total. The SMILES string of the molecule is CNC(=O)c1ccccc1NCC(=O)NCc1ccccc1S(=O)(=O)N(C)C. The van der Waals surface area contributed by atoms with Crippen LogP contribution >= 0.6 is 0 Å². The third-order valence-corrected chi connectivity index (χ3v) is 5.96. The molecule has 150 valence electrons. The first-order valence-electron chi connectivity index (χ1n) is 8.59. The van der Waals surface area contributed by atoms with E-state index >= 15 is 0 Å². The standard InChI is InChI=1S/C19H24N4O4S/c1-20-19(25)15-9-5-6-10-16(15)21-13-18(24)22-12-14-8-4-7-11-17(14)28(26,27)23(2)3/h4-11,21H,12-13H2,1-3H3,(H,20,25)(H,22,24). The molecule has 0 saturated carbocycles. The molecule has 0 aromatic heterocycles. The zero-order valence-electron chi connectivity index (χ0n) is 16.0. The lowest BCUT2D eigenvalue weighted by atomic mass is 10.1. The number of sulfonamides is 1. The highest BCUT2D eigenvalue weighted by Gasteiger charge is 2.20. The van der Waals surface area contributed by atoms with Gasteiger partial charge in [0.2, 0.25) is 15.9 Å². The number of anilines is 1. The maximum absolute atomic E-state index is 12.4. The number of rotatable bonds is 8. The molecule has 8 nitrogen and oxygen atoms in total. The molecule has 2 rings (SSSR count). The van der Waals surface area contributed by atoms with Crippen molar-refractivity contribution >= 4 is 27.5 Å². The first-order chi connectivity index (χ1) is 13.3. The van der Waals surface area contributed by atoms with E-state index < -0.39 is 10.0 Å². The van der Waals surface area contributed by atoms with Crippen molar-refractivity contribution in [3.63, 3.8) is 0 Å². The number of para-hydroxylation sites is 1. The maximum Gasteiger partial charge on any atom is 0.253 e. The Morgan fingerprint density at radius 2 is 1.64 bits per heavy atom. The van der Waals surface area contributed by atoms with E-state index in [1.165, 1.54) is 27.2 Å². The predicted molar refractivity (Wildman–Crippen MR) is 107 cm³/mol. The van der Waals surface area contributed by atoms with E-state index in [-0.39, 0.29) is 29.8 Å². The first-order valence-corrected chi connectivity index (χ1v) is 10.0. The van der Waals surface area contributed by atoms with Crippen LogP contribution in [0.5, 0.6) is 0 Å². The highest BCUT2D eigenvalue weighted by atomic mass is 32.2. The Morgan fingerprint density at radius 3 is 2.32 bits per heavy atom. The van der Waals surface area contributed by atoms with Crippen LogP contribution in [-0.2, 0) is 21.4 Å². The molecule has 0 fully saturated rings. The van der Waals surface area contributed by atoms with E-state index in [9.17, 15) is 18.0 Å². The van der Waals surface area contributed by atoms with Crippen molar-refractivity contribution < 1.29 is 18.0 Å². The second-order valence-electron chi connectivity index (χ2n) is 6.15. The Morgan fingerprint density at radius 1 is 1.00 bits per heavy atom. The lowest BCUT2D eigenvalue weighted by molar-refractivity contribution is -0.119. The molecule has 0 spiro atoms. The summed E-state index contributed by atoms with van der Waals surface area (Å²) in [7, 11) is 0.840. The van der Waals surface area contributed by atoms with E-state index in [0.29, 0.717) is 16.8 Å². The zero-order valence-corrected chi connectivity index (χ0v) is 16.8. The number of hydrogen-bond acceptors (Lipinski definition) is 5. The van der Waals surface area contributed by atoms with Crippen molar-refractivity contribution in [3.05, 3.63) is 59.7 Å². The molecule has 0 aliphatic heterocycles. The largest absolute Gasteiger partial charge is 0.376 e. The Kier molecular flexibility index (Phi) is 7.13. The predicted octanol–water partition coefficient (Wildman–Crippen LogP) is 1.02. The van der Waals surface area contributed by atoms with E-state index in [0.717, 1.165) is 4.31 Å². The second-order valence-corrected chi connectivity index (χ2v) is 8.27. The third-order valence-electron chi connectivity index (χ3n) is 4.05. The van der Waals surface area contributed by atoms with Crippen LogP contribution < -0.4 is 16.0 Å². The summed E-state index contributed by atoms with van der Waals surface area (Å²) in [6.45, 7) is 0.0114. The van der Waals surface area contributed by atoms with E-state index in [1.807, 2.05) is 0 Å². The van der Waals surface area contributed by atoms with Crippen molar-refractivity contribution in [1.82, 2.24) is 14.9 Å². The van der Waals surface area contributed by atoms with Gasteiger partial charge in [0.25, 0.3) is 5.91 Å². The van der Waals surface area contributed by atoms with Crippen molar-refractivity contribution in [3.8, 4) is 0 Å². The number of amides is 2. The van der Waals surface area contributed by atoms with Gasteiger partial charge in [-0.25, -0.2) is 12.7 Å². The number of nitrogens with zero attached hydrogens (tertiary/aromatic N) is 1. The van der Waals surface area contributed by atoms with Gasteiger partial charge in [-0.2, -0.15) is 0 Å². The summed E-state index contributed by atoms with van der Waals surface area (Å²) < 4.78 is 25.9. The molecule has 9 heteroatoms. The number of nitrogens with one attached hydrogen (secondary N) is 3. The van der Waals surface area contributed by atoms with Crippen molar-refractivity contribution in [2.24, 2.45) is 0 Å². The van der Waals surface area contributed by atoms with Crippen molar-refractivity contribution in [1.29, 1.82) is 0 Å². The van der Waals surface area contributed by atoms with Crippen LogP contribution in [0.2, 0.25) is 0 Å². The summed E-state index contributed by atoms with van der Waals surface area (Å²) >= 11 is 0. The summed E-state index contributed by atoms with van der Waals surface area (Å²) in [4.78, 5) is 24.2. The quantitative estimate of drug-likeness (QED) is 0.609. The van der Waals surface area contributed by atoms with Gasteiger partial charge >= 0.3 is 0 Å². The highest BCUT2D eigenvalue weighted by molar-refractivity contribution is 7.89. The van der Waals surface area contributed by atoms with Crippen LogP contribution in [-0.4, -0.2) is 52.2 Å². The fourth-order valence-electron chi connectivity index (χ4n) is 2.50. The molecule has 2 aromatic carbocycles. The van der Waals surface area contributed by atoms with Gasteiger partial charge in [0, 0.05) is 33.4 Å². The molecule has 0 radical (unpaired) electrons. The smallest absolute Gasteiger partial charge is 0.253 e. The fourth-order valence-corrected chi connectivity index (χ4v) is 3.62.